The van der Waals surface area contributed by atoms with Crippen LogP contribution in [0.2, 0.25) is 0 Å². The average Bonchev–Trinajstić information content (AvgIpc) is 2.95. The van der Waals surface area contributed by atoms with Gasteiger partial charge < -0.3 is 5.32 Å². The molecule has 0 aliphatic carbocycles. The van der Waals surface area contributed by atoms with Gasteiger partial charge in [-0.15, -0.1) is 11.3 Å². The van der Waals surface area contributed by atoms with Gasteiger partial charge >= 0.3 is 0 Å². The largest absolute Gasteiger partial charge is 0.349 e. The molecule has 1 aromatic carbocycles. The number of carbonyl (C=O) groups excluding carboxylic acids is 1. The van der Waals surface area contributed by atoms with Crippen LogP contribution < -0.4 is 5.32 Å². The van der Waals surface area contributed by atoms with Crippen molar-refractivity contribution in [3.63, 3.8) is 0 Å². The minimum atomic E-state index is 0.00815. The Morgan fingerprint density at radius 3 is 2.33 bits per heavy atom. The van der Waals surface area contributed by atoms with Crippen molar-refractivity contribution in [2.75, 3.05) is 0 Å². The van der Waals surface area contributed by atoms with Crippen LogP contribution in [0.15, 0.2) is 29.6 Å². The Labute approximate surface area is 149 Å². The zero-order valence-electron chi connectivity index (χ0n) is 15.3. The molecule has 1 heterocycles. The zero-order valence-corrected chi connectivity index (χ0v) is 16.1. The van der Waals surface area contributed by atoms with E-state index in [9.17, 15) is 4.79 Å². The molecule has 0 bridgehead atoms. The summed E-state index contributed by atoms with van der Waals surface area (Å²) in [7, 11) is 0. The van der Waals surface area contributed by atoms with Gasteiger partial charge in [0.15, 0.2) is 0 Å². The fourth-order valence-corrected chi connectivity index (χ4v) is 3.46. The number of hydrogen-bond donors (Lipinski definition) is 1. The van der Waals surface area contributed by atoms with Crippen molar-refractivity contribution in [1.82, 2.24) is 10.3 Å². The first-order chi connectivity index (χ1) is 11.3. The fourth-order valence-electron chi connectivity index (χ4n) is 2.62. The lowest BCUT2D eigenvalue weighted by Gasteiger charge is -2.15. The van der Waals surface area contributed by atoms with E-state index in [1.165, 1.54) is 5.56 Å². The predicted molar refractivity (Wildman–Crippen MR) is 101 cm³/mol. The number of thiazole rings is 1. The van der Waals surface area contributed by atoms with Gasteiger partial charge in [-0.3, -0.25) is 4.79 Å². The van der Waals surface area contributed by atoms with E-state index in [1.807, 2.05) is 12.3 Å². The number of hydrogen-bond acceptors (Lipinski definition) is 3. The first kappa shape index (κ1) is 18.7. The summed E-state index contributed by atoms with van der Waals surface area (Å²) in [6.45, 7) is 10.7. The van der Waals surface area contributed by atoms with Crippen LogP contribution in [0.5, 0.6) is 0 Å². The molecule has 1 amide bonds. The monoisotopic (exact) mass is 344 g/mol. The number of aromatic nitrogens is 1. The second-order valence-corrected chi connectivity index (χ2v) is 8.03. The summed E-state index contributed by atoms with van der Waals surface area (Å²) < 4.78 is 0. The van der Waals surface area contributed by atoms with E-state index in [0.29, 0.717) is 18.3 Å². The van der Waals surface area contributed by atoms with Crippen molar-refractivity contribution in [3.8, 4) is 0 Å². The van der Waals surface area contributed by atoms with E-state index < -0.39 is 0 Å². The first-order valence-corrected chi connectivity index (χ1v) is 9.55. The highest BCUT2D eigenvalue weighted by Gasteiger charge is 2.13. The van der Waals surface area contributed by atoms with Crippen LogP contribution in [0.4, 0.5) is 0 Å². The zero-order chi connectivity index (χ0) is 17.7. The van der Waals surface area contributed by atoms with Crippen molar-refractivity contribution in [2.24, 2.45) is 5.92 Å². The third-order valence-electron chi connectivity index (χ3n) is 3.91. The van der Waals surface area contributed by atoms with Crippen LogP contribution in [-0.4, -0.2) is 10.9 Å². The summed E-state index contributed by atoms with van der Waals surface area (Å²) in [5.41, 5.74) is 3.34. The Morgan fingerprint density at radius 1 is 1.12 bits per heavy atom. The maximum absolute atomic E-state index is 12.2. The molecule has 1 unspecified atom stereocenters. The topological polar surface area (TPSA) is 42.0 Å². The maximum atomic E-state index is 12.2. The first-order valence-electron chi connectivity index (χ1n) is 8.67. The second-order valence-electron chi connectivity index (χ2n) is 7.14. The number of rotatable bonds is 7. The molecule has 0 saturated heterocycles. The van der Waals surface area contributed by atoms with Crippen LogP contribution in [0.1, 0.15) is 68.4 Å². The SMILES string of the molecule is CC(C)Cc1ccc(C(C)NC(=O)Cc2csc(C(C)C)n2)cc1. The Morgan fingerprint density at radius 2 is 1.79 bits per heavy atom. The summed E-state index contributed by atoms with van der Waals surface area (Å²) in [5, 5.41) is 6.14. The number of amides is 1. The van der Waals surface area contributed by atoms with Crippen LogP contribution in [0, 0.1) is 5.92 Å². The molecule has 0 aliphatic heterocycles. The lowest BCUT2D eigenvalue weighted by Crippen LogP contribution is -2.28. The van der Waals surface area contributed by atoms with Crippen LogP contribution in [0.25, 0.3) is 0 Å². The summed E-state index contributed by atoms with van der Waals surface area (Å²) in [6.07, 6.45) is 1.43. The Kier molecular flexibility index (Phi) is 6.55. The third kappa shape index (κ3) is 5.45. The fraction of sp³-hybridized carbons (Fsp3) is 0.500. The molecule has 0 aliphatic rings. The van der Waals surface area contributed by atoms with Crippen molar-refractivity contribution >= 4 is 17.2 Å². The summed E-state index contributed by atoms with van der Waals surface area (Å²) in [6, 6.07) is 8.56. The van der Waals surface area contributed by atoms with Gasteiger partial charge in [0.1, 0.15) is 0 Å². The molecule has 4 heteroatoms. The highest BCUT2D eigenvalue weighted by atomic mass is 32.1. The normalized spacial score (nSPS) is 12.6. The van der Waals surface area contributed by atoms with E-state index in [1.54, 1.807) is 11.3 Å². The molecule has 24 heavy (non-hydrogen) atoms. The van der Waals surface area contributed by atoms with E-state index in [4.69, 9.17) is 0 Å². The lowest BCUT2D eigenvalue weighted by molar-refractivity contribution is -0.121. The van der Waals surface area contributed by atoms with Gasteiger partial charge in [0.2, 0.25) is 5.91 Å². The van der Waals surface area contributed by atoms with Gasteiger partial charge in [-0.05, 0) is 30.4 Å². The van der Waals surface area contributed by atoms with Gasteiger partial charge in [-0.1, -0.05) is 52.0 Å². The maximum Gasteiger partial charge on any atom is 0.226 e. The summed E-state index contributed by atoms with van der Waals surface area (Å²) in [5.74, 6) is 1.09. The van der Waals surface area contributed by atoms with Gasteiger partial charge in [0, 0.05) is 11.3 Å². The average molecular weight is 345 g/mol. The Balaban J connectivity index is 1.90. The van der Waals surface area contributed by atoms with Gasteiger partial charge in [0.25, 0.3) is 0 Å². The number of carbonyl (C=O) groups is 1. The second kappa shape index (κ2) is 8.43. The molecule has 0 radical (unpaired) electrons. The molecule has 1 atom stereocenters. The predicted octanol–water partition coefficient (Wildman–Crippen LogP) is 4.88. The van der Waals surface area contributed by atoms with Crippen LogP contribution in [0.3, 0.4) is 0 Å². The van der Waals surface area contributed by atoms with Crippen molar-refractivity contribution in [3.05, 3.63) is 51.5 Å². The molecule has 1 N–H and O–H groups in total. The smallest absolute Gasteiger partial charge is 0.226 e. The summed E-state index contributed by atoms with van der Waals surface area (Å²) in [4.78, 5) is 16.8. The highest BCUT2D eigenvalue weighted by Crippen LogP contribution is 2.20. The van der Waals surface area contributed by atoms with E-state index in [0.717, 1.165) is 22.7 Å². The Bertz CT molecular complexity index is 659. The van der Waals surface area contributed by atoms with Gasteiger partial charge in [-0.2, -0.15) is 0 Å². The number of nitrogens with one attached hydrogen (secondary N) is 1. The molecule has 0 spiro atoms. The molecule has 0 saturated carbocycles. The molecule has 0 fully saturated rings. The van der Waals surface area contributed by atoms with Crippen LogP contribution >= 0.6 is 11.3 Å². The minimum absolute atomic E-state index is 0.00815. The van der Waals surface area contributed by atoms with Crippen molar-refractivity contribution < 1.29 is 4.79 Å². The van der Waals surface area contributed by atoms with Gasteiger partial charge in [0.05, 0.1) is 23.2 Å². The molecule has 3 nitrogen and oxygen atoms in total. The number of nitrogens with zero attached hydrogens (tertiary/aromatic N) is 1. The van der Waals surface area contributed by atoms with E-state index in [-0.39, 0.29) is 11.9 Å². The summed E-state index contributed by atoms with van der Waals surface area (Å²) >= 11 is 1.63. The van der Waals surface area contributed by atoms with E-state index in [2.05, 4.69) is 62.3 Å². The molecule has 1 aromatic heterocycles. The molecule has 2 aromatic rings. The molecule has 130 valence electrons. The Hall–Kier alpha value is -1.68. The van der Waals surface area contributed by atoms with Crippen molar-refractivity contribution in [2.45, 2.75) is 59.4 Å². The molecular formula is C20H28N2OS. The van der Waals surface area contributed by atoms with Gasteiger partial charge in [-0.25, -0.2) is 4.98 Å². The third-order valence-corrected chi connectivity index (χ3v) is 5.10. The molecular weight excluding hydrogens is 316 g/mol. The highest BCUT2D eigenvalue weighted by molar-refractivity contribution is 7.09. The minimum Gasteiger partial charge on any atom is -0.349 e. The standard InChI is InChI=1S/C20H28N2OS/c1-13(2)10-16-6-8-17(9-7-16)15(5)21-19(23)11-18-12-24-20(22-18)14(3)4/h6-9,12-15H,10-11H2,1-5H3,(H,21,23). The lowest BCUT2D eigenvalue weighted by atomic mass is 10.00. The van der Waals surface area contributed by atoms with Crippen LogP contribution in [-0.2, 0) is 17.6 Å². The van der Waals surface area contributed by atoms with Crippen molar-refractivity contribution in [1.29, 1.82) is 0 Å². The van der Waals surface area contributed by atoms with E-state index >= 15 is 0 Å². The molecule has 2 rings (SSSR count). The quantitative estimate of drug-likeness (QED) is 0.777. The number of benzene rings is 1.